The number of rotatable bonds is 5. The molecule has 0 radical (unpaired) electrons. The van der Waals surface area contributed by atoms with E-state index < -0.39 is 0 Å². The minimum atomic E-state index is 0.327. The Hall–Kier alpha value is -1.69. The predicted octanol–water partition coefficient (Wildman–Crippen LogP) is 3.59. The van der Waals surface area contributed by atoms with E-state index in [9.17, 15) is 0 Å². The number of anilines is 1. The van der Waals surface area contributed by atoms with Crippen molar-refractivity contribution in [3.8, 4) is 0 Å². The second-order valence-electron chi connectivity index (χ2n) is 5.16. The van der Waals surface area contributed by atoms with Crippen LogP contribution in [0.2, 0.25) is 0 Å². The van der Waals surface area contributed by atoms with Gasteiger partial charge in [-0.2, -0.15) is 0 Å². The number of aromatic nitrogens is 4. The third kappa shape index (κ3) is 3.91. The highest BCUT2D eigenvalue weighted by Gasteiger charge is 2.16. The molecule has 0 atom stereocenters. The molecule has 6 heteroatoms. The van der Waals surface area contributed by atoms with Crippen LogP contribution in [0.1, 0.15) is 43.6 Å². The highest BCUT2D eigenvalue weighted by molar-refractivity contribution is 7.99. The molecule has 2 heterocycles. The molecular formula is C15H21N5S. The van der Waals surface area contributed by atoms with Crippen LogP contribution in [-0.4, -0.2) is 26.5 Å². The summed E-state index contributed by atoms with van der Waals surface area (Å²) in [6.45, 7) is 11.1. The van der Waals surface area contributed by atoms with Gasteiger partial charge in [0.25, 0.3) is 0 Å². The summed E-state index contributed by atoms with van der Waals surface area (Å²) in [6, 6.07) is 1.97. The van der Waals surface area contributed by atoms with Crippen LogP contribution in [0.5, 0.6) is 0 Å². The SMILES string of the molecule is CCNc1ncnc(Sc2nc(C)cc(C)n2)c1C(C)C. The van der Waals surface area contributed by atoms with Gasteiger partial charge < -0.3 is 5.32 Å². The molecule has 0 aliphatic heterocycles. The lowest BCUT2D eigenvalue weighted by atomic mass is 10.1. The zero-order valence-electron chi connectivity index (χ0n) is 13.1. The highest BCUT2D eigenvalue weighted by atomic mass is 32.2. The minimum absolute atomic E-state index is 0.327. The van der Waals surface area contributed by atoms with Crippen molar-refractivity contribution in [2.45, 2.75) is 50.7 Å². The van der Waals surface area contributed by atoms with Crippen molar-refractivity contribution in [1.29, 1.82) is 0 Å². The van der Waals surface area contributed by atoms with Crippen molar-refractivity contribution in [2.24, 2.45) is 0 Å². The van der Waals surface area contributed by atoms with E-state index in [0.717, 1.165) is 39.5 Å². The highest BCUT2D eigenvalue weighted by Crippen LogP contribution is 2.34. The normalized spacial score (nSPS) is 11.0. The Morgan fingerprint density at radius 3 is 2.38 bits per heavy atom. The largest absolute Gasteiger partial charge is 0.370 e. The lowest BCUT2D eigenvalue weighted by Gasteiger charge is -2.15. The molecule has 0 saturated heterocycles. The topological polar surface area (TPSA) is 63.6 Å². The molecule has 0 bridgehead atoms. The van der Waals surface area contributed by atoms with Crippen LogP contribution in [0.25, 0.3) is 0 Å². The van der Waals surface area contributed by atoms with Crippen molar-refractivity contribution < 1.29 is 0 Å². The quantitative estimate of drug-likeness (QED) is 0.672. The zero-order chi connectivity index (χ0) is 15.4. The molecule has 0 aliphatic carbocycles. The van der Waals surface area contributed by atoms with Crippen LogP contribution in [0.3, 0.4) is 0 Å². The fraction of sp³-hybridized carbons (Fsp3) is 0.467. The zero-order valence-corrected chi connectivity index (χ0v) is 14.0. The Morgan fingerprint density at radius 1 is 1.14 bits per heavy atom. The van der Waals surface area contributed by atoms with E-state index in [1.54, 1.807) is 6.33 Å². The molecule has 1 N–H and O–H groups in total. The summed E-state index contributed by atoms with van der Waals surface area (Å²) in [5.74, 6) is 1.23. The molecule has 2 aromatic heterocycles. The monoisotopic (exact) mass is 303 g/mol. The Labute approximate surface area is 130 Å². The number of aryl methyl sites for hydroxylation is 2. The van der Waals surface area contributed by atoms with Gasteiger partial charge in [0.15, 0.2) is 5.16 Å². The van der Waals surface area contributed by atoms with Gasteiger partial charge >= 0.3 is 0 Å². The van der Waals surface area contributed by atoms with Crippen LogP contribution in [-0.2, 0) is 0 Å². The molecule has 0 aromatic carbocycles. The second-order valence-corrected chi connectivity index (χ2v) is 6.12. The molecule has 2 rings (SSSR count). The van der Waals surface area contributed by atoms with Gasteiger partial charge in [0.1, 0.15) is 17.2 Å². The number of hydrogen-bond acceptors (Lipinski definition) is 6. The molecule has 0 unspecified atom stereocenters. The van der Waals surface area contributed by atoms with E-state index in [1.807, 2.05) is 19.9 Å². The molecule has 0 spiro atoms. The standard InChI is InChI=1S/C15H21N5S/c1-6-16-13-12(9(2)3)14(18-8-17-13)21-15-19-10(4)7-11(5)20-15/h7-9H,6H2,1-5H3,(H,16,17,18). The van der Waals surface area contributed by atoms with Crippen molar-refractivity contribution in [1.82, 2.24) is 19.9 Å². The fourth-order valence-corrected chi connectivity index (χ4v) is 3.21. The second kappa shape index (κ2) is 6.85. The molecule has 2 aromatic rings. The van der Waals surface area contributed by atoms with Crippen molar-refractivity contribution >= 4 is 17.6 Å². The van der Waals surface area contributed by atoms with Crippen LogP contribution in [0, 0.1) is 13.8 Å². The van der Waals surface area contributed by atoms with Crippen LogP contribution < -0.4 is 5.32 Å². The van der Waals surface area contributed by atoms with Gasteiger partial charge in [-0.15, -0.1) is 0 Å². The van der Waals surface area contributed by atoms with Gasteiger partial charge in [-0.3, -0.25) is 0 Å². The molecular weight excluding hydrogens is 282 g/mol. The van der Waals surface area contributed by atoms with E-state index in [4.69, 9.17) is 0 Å². The molecule has 5 nitrogen and oxygen atoms in total. The first kappa shape index (κ1) is 15.7. The summed E-state index contributed by atoms with van der Waals surface area (Å²) in [6.07, 6.45) is 1.59. The van der Waals surface area contributed by atoms with Gasteiger partial charge in [-0.05, 0) is 44.5 Å². The number of nitrogens with zero attached hydrogens (tertiary/aromatic N) is 4. The Bertz CT molecular complexity index is 607. The smallest absolute Gasteiger partial charge is 0.194 e. The molecule has 0 fully saturated rings. The summed E-state index contributed by atoms with van der Waals surface area (Å²) in [4.78, 5) is 17.7. The lowest BCUT2D eigenvalue weighted by molar-refractivity contribution is 0.800. The van der Waals surface area contributed by atoms with Gasteiger partial charge in [0, 0.05) is 23.5 Å². The summed E-state index contributed by atoms with van der Waals surface area (Å²) in [7, 11) is 0. The van der Waals surface area contributed by atoms with Gasteiger partial charge in [0.05, 0.1) is 0 Å². The fourth-order valence-electron chi connectivity index (χ4n) is 2.12. The molecule has 0 amide bonds. The van der Waals surface area contributed by atoms with Gasteiger partial charge in [0.2, 0.25) is 0 Å². The Kier molecular flexibility index (Phi) is 5.12. The molecule has 112 valence electrons. The predicted molar refractivity (Wildman–Crippen MR) is 85.9 cm³/mol. The lowest BCUT2D eigenvalue weighted by Crippen LogP contribution is -2.07. The summed E-state index contributed by atoms with van der Waals surface area (Å²) >= 11 is 1.50. The van der Waals surface area contributed by atoms with E-state index in [-0.39, 0.29) is 0 Å². The van der Waals surface area contributed by atoms with Crippen molar-refractivity contribution in [3.05, 3.63) is 29.3 Å². The Balaban J connectivity index is 2.41. The minimum Gasteiger partial charge on any atom is -0.370 e. The first-order valence-electron chi connectivity index (χ1n) is 7.10. The molecule has 0 aliphatic rings. The third-order valence-electron chi connectivity index (χ3n) is 2.92. The van der Waals surface area contributed by atoms with Gasteiger partial charge in [-0.1, -0.05) is 13.8 Å². The van der Waals surface area contributed by atoms with E-state index in [2.05, 4.69) is 46.0 Å². The van der Waals surface area contributed by atoms with Crippen LogP contribution >= 0.6 is 11.8 Å². The third-order valence-corrected chi connectivity index (χ3v) is 3.80. The first-order valence-corrected chi connectivity index (χ1v) is 7.91. The Morgan fingerprint density at radius 2 is 1.81 bits per heavy atom. The maximum Gasteiger partial charge on any atom is 0.194 e. The maximum atomic E-state index is 4.48. The first-order chi connectivity index (χ1) is 10.0. The van der Waals surface area contributed by atoms with E-state index in [1.165, 1.54) is 11.8 Å². The average molecular weight is 303 g/mol. The van der Waals surface area contributed by atoms with Crippen molar-refractivity contribution in [2.75, 3.05) is 11.9 Å². The van der Waals surface area contributed by atoms with Crippen LogP contribution in [0.4, 0.5) is 5.82 Å². The van der Waals surface area contributed by atoms with Crippen molar-refractivity contribution in [3.63, 3.8) is 0 Å². The van der Waals surface area contributed by atoms with E-state index in [0.29, 0.717) is 5.92 Å². The number of nitrogens with one attached hydrogen (secondary N) is 1. The number of hydrogen-bond donors (Lipinski definition) is 1. The average Bonchev–Trinajstić information content (AvgIpc) is 2.37. The summed E-state index contributed by atoms with van der Waals surface area (Å²) in [5.41, 5.74) is 3.06. The van der Waals surface area contributed by atoms with Gasteiger partial charge in [-0.25, -0.2) is 19.9 Å². The van der Waals surface area contributed by atoms with Crippen LogP contribution in [0.15, 0.2) is 22.6 Å². The molecule has 21 heavy (non-hydrogen) atoms. The summed E-state index contributed by atoms with van der Waals surface area (Å²) in [5, 5.41) is 4.95. The van der Waals surface area contributed by atoms with E-state index >= 15 is 0 Å². The summed E-state index contributed by atoms with van der Waals surface area (Å²) < 4.78 is 0. The molecule has 0 saturated carbocycles. The maximum absolute atomic E-state index is 4.48.